The minimum absolute atomic E-state index is 0.0635. The first kappa shape index (κ1) is 20.9. The summed E-state index contributed by atoms with van der Waals surface area (Å²) in [5.74, 6) is 4.60. The van der Waals surface area contributed by atoms with Crippen molar-refractivity contribution in [2.75, 3.05) is 5.75 Å². The number of para-hydroxylation sites is 1. The van der Waals surface area contributed by atoms with Gasteiger partial charge in [0.2, 0.25) is 5.91 Å². The van der Waals surface area contributed by atoms with Crippen LogP contribution in [0.25, 0.3) is 0 Å². The Kier molecular flexibility index (Phi) is 5.71. The molecule has 1 atom stereocenters. The highest BCUT2D eigenvalue weighted by Gasteiger charge is 2.51. The van der Waals surface area contributed by atoms with Gasteiger partial charge in [-0.2, -0.15) is 0 Å². The number of aromatic nitrogens is 3. The predicted octanol–water partition coefficient (Wildman–Crippen LogP) is 4.62. The van der Waals surface area contributed by atoms with E-state index < -0.39 is 0 Å². The molecule has 0 radical (unpaired) electrons. The lowest BCUT2D eigenvalue weighted by atomic mass is 9.53. The number of hydrogen-bond donors (Lipinski definition) is 1. The van der Waals surface area contributed by atoms with Crippen molar-refractivity contribution >= 4 is 17.7 Å². The van der Waals surface area contributed by atoms with E-state index in [9.17, 15) is 4.79 Å². The normalized spacial score (nSPS) is 29.7. The van der Waals surface area contributed by atoms with E-state index >= 15 is 0 Å². The molecule has 4 aliphatic carbocycles. The van der Waals surface area contributed by atoms with Gasteiger partial charge in [0.25, 0.3) is 0 Å². The molecule has 6 nitrogen and oxygen atoms in total. The molecule has 1 N–H and O–H groups in total. The quantitative estimate of drug-likeness (QED) is 0.607. The number of nitrogens with zero attached hydrogens (tertiary/aromatic N) is 3. The number of thioether (sulfide) groups is 1. The van der Waals surface area contributed by atoms with Crippen molar-refractivity contribution in [2.24, 2.45) is 17.8 Å². The SMILES string of the molecule is CCn1c(SCC(=O)NC23CC4CC(CC(C4)C2)C3)nnc1[C@H](C)Oc1ccccc1. The molecule has 0 aliphatic heterocycles. The topological polar surface area (TPSA) is 69.0 Å². The smallest absolute Gasteiger partial charge is 0.230 e. The van der Waals surface area contributed by atoms with Crippen molar-refractivity contribution in [1.29, 1.82) is 0 Å². The molecular weight excluding hydrogens is 408 g/mol. The molecule has 6 rings (SSSR count). The second-order valence-electron chi connectivity index (χ2n) is 9.69. The third-order valence-corrected chi connectivity index (χ3v) is 8.22. The molecule has 31 heavy (non-hydrogen) atoms. The lowest BCUT2D eigenvalue weighted by Gasteiger charge is -2.56. The molecule has 0 unspecified atom stereocenters. The average Bonchev–Trinajstić information content (AvgIpc) is 3.15. The zero-order chi connectivity index (χ0) is 21.4. The van der Waals surface area contributed by atoms with Crippen LogP contribution in [0.15, 0.2) is 35.5 Å². The molecule has 1 heterocycles. The van der Waals surface area contributed by atoms with Gasteiger partial charge in [0.1, 0.15) is 5.75 Å². The largest absolute Gasteiger partial charge is 0.483 e. The molecule has 7 heteroatoms. The first-order valence-electron chi connectivity index (χ1n) is 11.6. The van der Waals surface area contributed by atoms with E-state index in [1.54, 1.807) is 0 Å². The van der Waals surface area contributed by atoms with Crippen molar-refractivity contribution in [3.63, 3.8) is 0 Å². The Morgan fingerprint density at radius 3 is 2.42 bits per heavy atom. The average molecular weight is 441 g/mol. The summed E-state index contributed by atoms with van der Waals surface area (Å²) in [5.41, 5.74) is 0.0635. The highest BCUT2D eigenvalue weighted by atomic mass is 32.2. The number of carbonyl (C=O) groups excluding carboxylic acids is 1. The zero-order valence-corrected chi connectivity index (χ0v) is 19.2. The number of carbonyl (C=O) groups is 1. The van der Waals surface area contributed by atoms with E-state index in [1.165, 1.54) is 50.3 Å². The summed E-state index contributed by atoms with van der Waals surface area (Å²) in [6.45, 7) is 4.79. The van der Waals surface area contributed by atoms with Gasteiger partial charge in [0.15, 0.2) is 17.1 Å². The molecule has 1 amide bonds. The Morgan fingerprint density at radius 2 is 1.81 bits per heavy atom. The number of hydrogen-bond acceptors (Lipinski definition) is 5. The van der Waals surface area contributed by atoms with Gasteiger partial charge in [0.05, 0.1) is 5.75 Å². The van der Waals surface area contributed by atoms with Crippen molar-refractivity contribution < 1.29 is 9.53 Å². The third kappa shape index (κ3) is 4.34. The molecule has 2 aromatic rings. The van der Waals surface area contributed by atoms with E-state index in [-0.39, 0.29) is 17.6 Å². The highest BCUT2D eigenvalue weighted by Crippen LogP contribution is 2.55. The van der Waals surface area contributed by atoms with Crippen molar-refractivity contribution in [1.82, 2.24) is 20.1 Å². The minimum atomic E-state index is -0.218. The van der Waals surface area contributed by atoms with Crippen LogP contribution in [0.2, 0.25) is 0 Å². The maximum atomic E-state index is 12.9. The van der Waals surface area contributed by atoms with Gasteiger partial charge < -0.3 is 14.6 Å². The molecule has 4 aliphatic rings. The molecule has 4 saturated carbocycles. The van der Waals surface area contributed by atoms with Crippen LogP contribution in [0, 0.1) is 17.8 Å². The van der Waals surface area contributed by atoms with E-state index in [0.717, 1.165) is 41.0 Å². The summed E-state index contributed by atoms with van der Waals surface area (Å²) < 4.78 is 8.08. The third-order valence-electron chi connectivity index (χ3n) is 7.26. The number of amides is 1. The standard InChI is InChI=1S/C24H32N4O2S/c1-3-28-22(16(2)30-20-7-5-4-6-8-20)26-27-23(28)31-15-21(29)25-24-12-17-9-18(13-24)11-19(10-17)14-24/h4-8,16-19H,3,9-15H2,1-2H3,(H,25,29)/t16-,17?,18?,19?,24?/m0/s1. The van der Waals surface area contributed by atoms with E-state index in [0.29, 0.717) is 5.75 Å². The van der Waals surface area contributed by atoms with Crippen LogP contribution in [0.5, 0.6) is 5.75 Å². The summed E-state index contributed by atoms with van der Waals surface area (Å²) >= 11 is 1.47. The highest BCUT2D eigenvalue weighted by molar-refractivity contribution is 7.99. The molecule has 0 spiro atoms. The maximum absolute atomic E-state index is 12.9. The lowest BCUT2D eigenvalue weighted by Crippen LogP contribution is -2.60. The van der Waals surface area contributed by atoms with Crippen molar-refractivity contribution in [3.05, 3.63) is 36.2 Å². The second kappa shape index (κ2) is 8.49. The molecule has 4 bridgehead atoms. The van der Waals surface area contributed by atoms with E-state index in [2.05, 4.69) is 27.0 Å². The Balaban J connectivity index is 1.20. The van der Waals surface area contributed by atoms with Crippen LogP contribution in [0.3, 0.4) is 0 Å². The summed E-state index contributed by atoms with van der Waals surface area (Å²) in [5, 5.41) is 13.0. The molecule has 1 aromatic heterocycles. The molecule has 166 valence electrons. The van der Waals surface area contributed by atoms with Crippen molar-refractivity contribution in [3.8, 4) is 5.75 Å². The Hall–Kier alpha value is -2.02. The number of nitrogens with one attached hydrogen (secondary N) is 1. The summed E-state index contributed by atoms with van der Waals surface area (Å²) in [6.07, 6.45) is 7.47. The Labute approximate surface area is 188 Å². The lowest BCUT2D eigenvalue weighted by molar-refractivity contribution is -0.124. The van der Waals surface area contributed by atoms with Crippen molar-refractivity contribution in [2.45, 2.75) is 75.7 Å². The fourth-order valence-electron chi connectivity index (χ4n) is 6.49. The molecular formula is C24H32N4O2S. The first-order valence-corrected chi connectivity index (χ1v) is 12.6. The molecule has 0 saturated heterocycles. The van der Waals surface area contributed by atoms with Gasteiger partial charge in [-0.3, -0.25) is 4.79 Å². The van der Waals surface area contributed by atoms with Gasteiger partial charge in [-0.05, 0) is 82.3 Å². The van der Waals surface area contributed by atoms with Gasteiger partial charge in [0, 0.05) is 12.1 Å². The second-order valence-corrected chi connectivity index (χ2v) is 10.6. The first-order chi connectivity index (χ1) is 15.0. The monoisotopic (exact) mass is 440 g/mol. The summed E-state index contributed by atoms with van der Waals surface area (Å²) in [6, 6.07) is 9.75. The Bertz CT molecular complexity index is 894. The Morgan fingerprint density at radius 1 is 1.16 bits per heavy atom. The van der Waals surface area contributed by atoms with Gasteiger partial charge in [-0.25, -0.2) is 0 Å². The minimum Gasteiger partial charge on any atom is -0.483 e. The number of benzene rings is 1. The molecule has 1 aromatic carbocycles. The van der Waals surface area contributed by atoms with Crippen LogP contribution in [-0.4, -0.2) is 32.0 Å². The number of ether oxygens (including phenoxy) is 1. The van der Waals surface area contributed by atoms with Gasteiger partial charge >= 0.3 is 0 Å². The van der Waals surface area contributed by atoms with Crippen LogP contribution in [0.1, 0.15) is 64.3 Å². The van der Waals surface area contributed by atoms with Crippen LogP contribution < -0.4 is 10.1 Å². The fraction of sp³-hybridized carbons (Fsp3) is 0.625. The van der Waals surface area contributed by atoms with E-state index in [1.807, 2.05) is 37.3 Å². The van der Waals surface area contributed by atoms with Gasteiger partial charge in [-0.1, -0.05) is 30.0 Å². The molecule has 4 fully saturated rings. The van der Waals surface area contributed by atoms with E-state index in [4.69, 9.17) is 4.74 Å². The zero-order valence-electron chi connectivity index (χ0n) is 18.4. The summed E-state index contributed by atoms with van der Waals surface area (Å²) in [7, 11) is 0. The number of rotatable bonds is 8. The van der Waals surface area contributed by atoms with Crippen LogP contribution >= 0.6 is 11.8 Å². The predicted molar refractivity (Wildman–Crippen MR) is 121 cm³/mol. The summed E-state index contributed by atoms with van der Waals surface area (Å²) in [4.78, 5) is 12.9. The maximum Gasteiger partial charge on any atom is 0.230 e. The van der Waals surface area contributed by atoms with Crippen LogP contribution in [-0.2, 0) is 11.3 Å². The van der Waals surface area contributed by atoms with Crippen LogP contribution in [0.4, 0.5) is 0 Å². The van der Waals surface area contributed by atoms with Gasteiger partial charge in [-0.15, -0.1) is 10.2 Å². The fourth-order valence-corrected chi connectivity index (χ4v) is 7.30.